The molecule has 8 nitrogen and oxygen atoms in total. The molecule has 0 spiro atoms. The van der Waals surface area contributed by atoms with E-state index in [0.29, 0.717) is 11.7 Å². The van der Waals surface area contributed by atoms with Gasteiger partial charge >= 0.3 is 11.9 Å². The first-order valence-electron chi connectivity index (χ1n) is 11.9. The van der Waals surface area contributed by atoms with Crippen LogP contribution in [0.2, 0.25) is 0 Å². The Balaban J connectivity index is 1.29. The van der Waals surface area contributed by atoms with Crippen LogP contribution in [0.1, 0.15) is 52.7 Å². The number of ether oxygens (including phenoxy) is 2. The van der Waals surface area contributed by atoms with Gasteiger partial charge in [0.2, 0.25) is 5.89 Å². The van der Waals surface area contributed by atoms with Gasteiger partial charge in [-0.1, -0.05) is 42.5 Å². The first kappa shape index (κ1) is 23.1. The molecule has 2 bridgehead atoms. The molecule has 0 saturated carbocycles. The summed E-state index contributed by atoms with van der Waals surface area (Å²) in [6.07, 6.45) is 3.49. The van der Waals surface area contributed by atoms with E-state index in [4.69, 9.17) is 19.0 Å². The number of carbonyl (C=O) groups excluding carboxylic acids is 1. The highest BCUT2D eigenvalue weighted by Crippen LogP contribution is 2.33. The van der Waals surface area contributed by atoms with Gasteiger partial charge in [0.1, 0.15) is 18.1 Å². The largest absolute Gasteiger partial charge is 0.484 e. The summed E-state index contributed by atoms with van der Waals surface area (Å²) in [6, 6.07) is 17.4. The Hall–Kier alpha value is -3.65. The van der Waals surface area contributed by atoms with Crippen LogP contribution in [0.4, 0.5) is 0 Å². The molecular formula is C27H28N2O6. The minimum Gasteiger partial charge on any atom is -0.484 e. The van der Waals surface area contributed by atoms with Gasteiger partial charge in [-0.2, -0.15) is 0 Å². The van der Waals surface area contributed by atoms with Crippen LogP contribution in [0.3, 0.4) is 0 Å². The summed E-state index contributed by atoms with van der Waals surface area (Å²) >= 11 is 0. The highest BCUT2D eigenvalue weighted by atomic mass is 16.5. The molecule has 0 aliphatic carbocycles. The lowest BCUT2D eigenvalue weighted by atomic mass is 9.85. The van der Waals surface area contributed by atoms with E-state index in [1.165, 1.54) is 0 Å². The van der Waals surface area contributed by atoms with Crippen LogP contribution in [-0.2, 0) is 16.1 Å². The van der Waals surface area contributed by atoms with Crippen molar-refractivity contribution in [2.24, 2.45) is 5.92 Å². The Labute approximate surface area is 203 Å². The van der Waals surface area contributed by atoms with Crippen molar-refractivity contribution in [1.82, 2.24) is 9.88 Å². The molecule has 0 amide bonds. The zero-order valence-corrected chi connectivity index (χ0v) is 19.3. The molecule has 0 unspecified atom stereocenters. The molecular weight excluding hydrogens is 448 g/mol. The van der Waals surface area contributed by atoms with E-state index in [2.05, 4.69) is 9.88 Å². The van der Waals surface area contributed by atoms with Gasteiger partial charge in [0, 0.05) is 12.5 Å². The molecule has 2 aromatic carbocycles. The van der Waals surface area contributed by atoms with Gasteiger partial charge in [0.05, 0.1) is 6.42 Å². The van der Waals surface area contributed by atoms with Crippen LogP contribution in [-0.4, -0.2) is 52.7 Å². The van der Waals surface area contributed by atoms with E-state index < -0.39 is 5.97 Å². The molecule has 0 radical (unpaired) electrons. The molecule has 1 aromatic heterocycles. The third-order valence-electron chi connectivity index (χ3n) is 6.85. The quantitative estimate of drug-likeness (QED) is 0.461. The number of rotatable bonds is 9. The van der Waals surface area contributed by atoms with E-state index in [1.807, 2.05) is 48.5 Å². The number of aromatic nitrogens is 1. The Morgan fingerprint density at radius 1 is 1.09 bits per heavy atom. The number of esters is 1. The third-order valence-corrected chi connectivity index (χ3v) is 6.85. The maximum atomic E-state index is 13.1. The van der Waals surface area contributed by atoms with Crippen molar-refractivity contribution in [1.29, 1.82) is 0 Å². The van der Waals surface area contributed by atoms with Crippen LogP contribution < -0.4 is 4.74 Å². The van der Waals surface area contributed by atoms with Gasteiger partial charge < -0.3 is 19.0 Å². The fourth-order valence-electron chi connectivity index (χ4n) is 4.98. The lowest BCUT2D eigenvalue weighted by Crippen LogP contribution is -2.52. The van der Waals surface area contributed by atoms with Crippen molar-refractivity contribution in [2.75, 3.05) is 19.6 Å². The van der Waals surface area contributed by atoms with Gasteiger partial charge in [-0.3, -0.25) is 9.69 Å². The number of carboxylic acid groups (broad SMARTS) is 1. The first-order valence-corrected chi connectivity index (χ1v) is 11.9. The molecule has 3 aliphatic heterocycles. The van der Waals surface area contributed by atoms with E-state index in [1.54, 1.807) is 6.07 Å². The number of carboxylic acids is 1. The van der Waals surface area contributed by atoms with E-state index >= 15 is 0 Å². The fourth-order valence-corrected chi connectivity index (χ4v) is 4.98. The second-order valence-corrected chi connectivity index (χ2v) is 9.13. The average Bonchev–Trinajstić information content (AvgIpc) is 3.37. The van der Waals surface area contributed by atoms with Crippen molar-refractivity contribution in [3.8, 4) is 5.75 Å². The second-order valence-electron chi connectivity index (χ2n) is 9.13. The van der Waals surface area contributed by atoms with Crippen LogP contribution in [0.25, 0.3) is 0 Å². The van der Waals surface area contributed by atoms with Crippen LogP contribution >= 0.6 is 0 Å². The summed E-state index contributed by atoms with van der Waals surface area (Å²) in [6.45, 7) is 3.03. The fraction of sp³-hybridized carbons (Fsp3) is 0.370. The Bertz CT molecular complexity index is 1170. The van der Waals surface area contributed by atoms with Crippen molar-refractivity contribution in [3.05, 3.63) is 83.6 Å². The van der Waals surface area contributed by atoms with Gasteiger partial charge in [-0.15, -0.1) is 0 Å². The third kappa shape index (κ3) is 5.54. The molecule has 35 heavy (non-hydrogen) atoms. The van der Waals surface area contributed by atoms with Gasteiger partial charge in [-0.05, 0) is 55.1 Å². The number of piperidine rings is 3. The molecule has 3 fully saturated rings. The second kappa shape index (κ2) is 10.3. The Kier molecular flexibility index (Phi) is 6.81. The molecule has 182 valence electrons. The number of fused-ring (bicyclic) bond motifs is 3. The van der Waals surface area contributed by atoms with Crippen LogP contribution in [0.5, 0.6) is 5.75 Å². The predicted molar refractivity (Wildman–Crippen MR) is 126 cm³/mol. The maximum absolute atomic E-state index is 13.1. The van der Waals surface area contributed by atoms with Crippen molar-refractivity contribution < 1.29 is 28.6 Å². The zero-order valence-electron chi connectivity index (χ0n) is 19.3. The molecule has 8 heteroatoms. The number of carbonyl (C=O) groups is 2. The minimum absolute atomic E-state index is 0.00561. The van der Waals surface area contributed by atoms with E-state index in [9.17, 15) is 9.59 Å². The SMILES string of the molecule is O=C(C[C@@H](c1ccccc1)c1cccc(OCc2nc(C(=O)O)co2)c1)O[C@H]1CN2CCC1CC2. The minimum atomic E-state index is -1.15. The molecule has 2 atom stereocenters. The molecule has 6 rings (SSSR count). The standard InChI is InChI=1S/C27H28N2O6/c30-26(35-24-15-29-11-9-19(24)10-12-29)14-22(18-5-2-1-3-6-18)20-7-4-8-21(13-20)33-17-25-28-23(16-34-25)27(31)32/h1-8,13,16,19,22,24H,9-12,14-15,17H2,(H,31,32)/t22-,24-/m0/s1. The predicted octanol–water partition coefficient (Wildman–Crippen LogP) is 4.11. The topological polar surface area (TPSA) is 102 Å². The molecule has 3 saturated heterocycles. The average molecular weight is 477 g/mol. The number of hydrogen-bond donors (Lipinski definition) is 1. The summed E-state index contributed by atoms with van der Waals surface area (Å²) in [5.41, 5.74) is 1.79. The summed E-state index contributed by atoms with van der Waals surface area (Å²) in [4.78, 5) is 30.3. The Morgan fingerprint density at radius 2 is 1.86 bits per heavy atom. The molecule has 1 N–H and O–H groups in total. The molecule has 3 aliphatic rings. The number of oxazole rings is 1. The van der Waals surface area contributed by atoms with Gasteiger partial charge in [0.25, 0.3) is 0 Å². The summed E-state index contributed by atoms with van der Waals surface area (Å²) in [5, 5.41) is 8.99. The normalized spacial score (nSPS) is 21.9. The number of nitrogens with zero attached hydrogens (tertiary/aromatic N) is 2. The van der Waals surface area contributed by atoms with Gasteiger partial charge in [-0.25, -0.2) is 9.78 Å². The van der Waals surface area contributed by atoms with Crippen molar-refractivity contribution in [2.45, 2.75) is 37.9 Å². The smallest absolute Gasteiger partial charge is 0.357 e. The number of aromatic carboxylic acids is 1. The number of hydrogen-bond acceptors (Lipinski definition) is 7. The van der Waals surface area contributed by atoms with E-state index in [-0.39, 0.29) is 42.6 Å². The summed E-state index contributed by atoms with van der Waals surface area (Å²) in [5.74, 6) is -0.318. The molecule has 3 aromatic rings. The van der Waals surface area contributed by atoms with Crippen molar-refractivity contribution in [3.63, 3.8) is 0 Å². The van der Waals surface area contributed by atoms with Crippen LogP contribution in [0.15, 0.2) is 65.3 Å². The van der Waals surface area contributed by atoms with Gasteiger partial charge in [0.15, 0.2) is 12.3 Å². The Morgan fingerprint density at radius 3 is 2.54 bits per heavy atom. The van der Waals surface area contributed by atoms with Crippen molar-refractivity contribution >= 4 is 11.9 Å². The highest BCUT2D eigenvalue weighted by molar-refractivity contribution is 5.84. The summed E-state index contributed by atoms with van der Waals surface area (Å²) in [7, 11) is 0. The first-order chi connectivity index (χ1) is 17.0. The zero-order chi connectivity index (χ0) is 24.2. The lowest BCUT2D eigenvalue weighted by molar-refractivity contribution is -0.159. The van der Waals surface area contributed by atoms with E-state index in [0.717, 1.165) is 49.9 Å². The summed E-state index contributed by atoms with van der Waals surface area (Å²) < 4.78 is 16.9. The lowest BCUT2D eigenvalue weighted by Gasteiger charge is -2.44. The highest BCUT2D eigenvalue weighted by Gasteiger charge is 2.36. The maximum Gasteiger partial charge on any atom is 0.357 e. The van der Waals surface area contributed by atoms with Crippen LogP contribution in [0, 0.1) is 5.92 Å². The number of benzene rings is 2. The monoisotopic (exact) mass is 476 g/mol. The molecule has 4 heterocycles.